The van der Waals surface area contributed by atoms with E-state index >= 15 is 0 Å². The summed E-state index contributed by atoms with van der Waals surface area (Å²) in [5.41, 5.74) is 2.13. The van der Waals surface area contributed by atoms with Gasteiger partial charge in [-0.25, -0.2) is 18.1 Å². The van der Waals surface area contributed by atoms with Gasteiger partial charge in [0, 0.05) is 28.6 Å². The summed E-state index contributed by atoms with van der Waals surface area (Å²) in [5, 5.41) is 4.08. The van der Waals surface area contributed by atoms with Crippen LogP contribution in [0.3, 0.4) is 0 Å². The number of nitrogens with one attached hydrogen (secondary N) is 2. The molecule has 3 aromatic rings. The zero-order valence-electron chi connectivity index (χ0n) is 16.8. The average Bonchev–Trinajstić information content (AvgIpc) is 3.07. The molecule has 0 aliphatic carbocycles. The van der Waals surface area contributed by atoms with Gasteiger partial charge in [-0.15, -0.1) is 11.3 Å². The van der Waals surface area contributed by atoms with Gasteiger partial charge in [-0.2, -0.15) is 0 Å². The summed E-state index contributed by atoms with van der Waals surface area (Å²) in [6, 6.07) is 13.5. The molecule has 0 spiro atoms. The van der Waals surface area contributed by atoms with E-state index in [0.29, 0.717) is 10.7 Å². The van der Waals surface area contributed by atoms with Crippen molar-refractivity contribution in [2.24, 2.45) is 5.92 Å². The van der Waals surface area contributed by atoms with Crippen LogP contribution in [0, 0.1) is 12.8 Å². The first-order valence-electron chi connectivity index (χ1n) is 9.29. The number of thiazole rings is 1. The van der Waals surface area contributed by atoms with E-state index in [1.165, 1.54) is 23.5 Å². The number of hydrogen-bond acceptors (Lipinski definition) is 5. The molecule has 0 aliphatic heterocycles. The highest BCUT2D eigenvalue weighted by atomic mass is 35.5. The molecule has 30 heavy (non-hydrogen) atoms. The maximum Gasteiger partial charge on any atom is 0.240 e. The predicted octanol–water partition coefficient (Wildman–Crippen LogP) is 4.84. The number of benzene rings is 2. The van der Waals surface area contributed by atoms with Crippen molar-refractivity contribution in [2.75, 3.05) is 5.32 Å². The number of carbonyl (C=O) groups excluding carboxylic acids is 1. The Morgan fingerprint density at radius 2 is 1.80 bits per heavy atom. The molecular weight excluding hydrogens is 442 g/mol. The number of aryl methyl sites for hydroxylation is 1. The maximum atomic E-state index is 12.7. The van der Waals surface area contributed by atoms with Crippen LogP contribution >= 0.6 is 22.9 Å². The first-order chi connectivity index (χ1) is 14.2. The van der Waals surface area contributed by atoms with Crippen LogP contribution < -0.4 is 10.0 Å². The molecule has 0 bridgehead atoms. The zero-order chi connectivity index (χ0) is 21.9. The predicted molar refractivity (Wildman–Crippen MR) is 121 cm³/mol. The summed E-state index contributed by atoms with van der Waals surface area (Å²) < 4.78 is 27.9. The highest BCUT2D eigenvalue weighted by molar-refractivity contribution is 7.89. The number of sulfonamides is 1. The molecule has 158 valence electrons. The molecule has 0 atom stereocenters. The SMILES string of the molecule is Cc1nc(-c2ccccc2Cl)sc1CNS(=O)(=O)c1ccc(NC(=O)C(C)C)cc1. The number of aromatic nitrogens is 1. The van der Waals surface area contributed by atoms with E-state index in [2.05, 4.69) is 15.0 Å². The van der Waals surface area contributed by atoms with Crippen molar-refractivity contribution in [3.8, 4) is 10.6 Å². The lowest BCUT2D eigenvalue weighted by molar-refractivity contribution is -0.118. The second-order valence-corrected chi connectivity index (χ2v) is 10.3. The normalized spacial score (nSPS) is 11.6. The van der Waals surface area contributed by atoms with Gasteiger partial charge in [-0.3, -0.25) is 4.79 Å². The van der Waals surface area contributed by atoms with E-state index in [9.17, 15) is 13.2 Å². The average molecular weight is 464 g/mol. The quantitative estimate of drug-likeness (QED) is 0.524. The molecule has 2 N–H and O–H groups in total. The molecule has 0 fully saturated rings. The van der Waals surface area contributed by atoms with Crippen molar-refractivity contribution in [3.63, 3.8) is 0 Å². The lowest BCUT2D eigenvalue weighted by atomic mass is 10.2. The van der Waals surface area contributed by atoms with Crippen LogP contribution in [-0.2, 0) is 21.4 Å². The molecule has 0 unspecified atom stereocenters. The van der Waals surface area contributed by atoms with Crippen molar-refractivity contribution < 1.29 is 13.2 Å². The topological polar surface area (TPSA) is 88.2 Å². The fourth-order valence-corrected chi connectivity index (χ4v) is 5.00. The number of rotatable bonds is 7. The standard InChI is InChI=1S/C21H22ClN3O3S2/c1-13(2)20(26)25-15-8-10-16(11-9-15)30(27,28)23-12-19-14(3)24-21(29-19)17-6-4-5-7-18(17)22/h4-11,13,23H,12H2,1-3H3,(H,25,26). The third-order valence-electron chi connectivity index (χ3n) is 4.38. The van der Waals surface area contributed by atoms with Gasteiger partial charge in [0.05, 0.1) is 15.6 Å². The molecule has 1 aromatic heterocycles. The Bertz CT molecular complexity index is 1160. The van der Waals surface area contributed by atoms with E-state index in [-0.39, 0.29) is 23.3 Å². The van der Waals surface area contributed by atoms with Gasteiger partial charge in [-0.1, -0.05) is 43.6 Å². The summed E-state index contributed by atoms with van der Waals surface area (Å²) >= 11 is 7.65. The van der Waals surface area contributed by atoms with Gasteiger partial charge in [-0.05, 0) is 37.3 Å². The molecule has 9 heteroatoms. The molecule has 6 nitrogen and oxygen atoms in total. The number of hydrogen-bond donors (Lipinski definition) is 2. The van der Waals surface area contributed by atoms with Crippen molar-refractivity contribution >= 4 is 44.6 Å². The molecule has 0 saturated heterocycles. The van der Waals surface area contributed by atoms with E-state index in [4.69, 9.17) is 11.6 Å². The molecule has 3 rings (SSSR count). The lowest BCUT2D eigenvalue weighted by Gasteiger charge is -2.09. The van der Waals surface area contributed by atoms with Crippen molar-refractivity contribution in [1.29, 1.82) is 0 Å². The first-order valence-corrected chi connectivity index (χ1v) is 12.0. The van der Waals surface area contributed by atoms with Crippen LogP contribution in [0.4, 0.5) is 5.69 Å². The summed E-state index contributed by atoms with van der Waals surface area (Å²) in [6.07, 6.45) is 0. The summed E-state index contributed by atoms with van der Waals surface area (Å²) in [4.78, 5) is 17.2. The largest absolute Gasteiger partial charge is 0.326 e. The van der Waals surface area contributed by atoms with E-state index in [0.717, 1.165) is 21.1 Å². The number of nitrogens with zero attached hydrogens (tertiary/aromatic N) is 1. The van der Waals surface area contributed by atoms with Crippen molar-refractivity contribution in [3.05, 3.63) is 64.1 Å². The van der Waals surface area contributed by atoms with Gasteiger partial charge in [0.1, 0.15) is 5.01 Å². The van der Waals surface area contributed by atoms with Crippen LogP contribution in [-0.4, -0.2) is 19.3 Å². The molecule has 1 amide bonds. The molecule has 0 aliphatic rings. The Labute approximate surface area is 185 Å². The van der Waals surface area contributed by atoms with E-state index < -0.39 is 10.0 Å². The Balaban J connectivity index is 1.71. The number of amides is 1. The smallest absolute Gasteiger partial charge is 0.240 e. The fourth-order valence-electron chi connectivity index (χ4n) is 2.59. The highest BCUT2D eigenvalue weighted by Crippen LogP contribution is 2.32. The summed E-state index contributed by atoms with van der Waals surface area (Å²) in [6.45, 7) is 5.54. The molecule has 0 radical (unpaired) electrons. The van der Waals surface area contributed by atoms with Crippen molar-refractivity contribution in [1.82, 2.24) is 9.71 Å². The molecule has 2 aromatic carbocycles. The van der Waals surface area contributed by atoms with Gasteiger partial charge in [0.15, 0.2) is 0 Å². The Hall–Kier alpha value is -2.26. The Kier molecular flexibility index (Phi) is 6.92. The second kappa shape index (κ2) is 9.26. The third kappa shape index (κ3) is 5.26. The number of halogens is 1. The number of carbonyl (C=O) groups is 1. The Morgan fingerprint density at radius 3 is 2.43 bits per heavy atom. The second-order valence-electron chi connectivity index (χ2n) is 7.00. The monoisotopic (exact) mass is 463 g/mol. The van der Waals surface area contributed by atoms with E-state index in [1.54, 1.807) is 32.0 Å². The van der Waals surface area contributed by atoms with E-state index in [1.807, 2.05) is 25.1 Å². The molecular formula is C21H22ClN3O3S2. The van der Waals surface area contributed by atoms with Gasteiger partial charge in [0.2, 0.25) is 15.9 Å². The zero-order valence-corrected chi connectivity index (χ0v) is 19.2. The fraction of sp³-hybridized carbons (Fsp3) is 0.238. The van der Waals surface area contributed by atoms with Gasteiger partial charge >= 0.3 is 0 Å². The molecule has 0 saturated carbocycles. The third-order valence-corrected chi connectivity index (χ3v) is 7.31. The van der Waals surface area contributed by atoms with Crippen LogP contribution in [0.5, 0.6) is 0 Å². The van der Waals surface area contributed by atoms with Crippen LogP contribution in [0.1, 0.15) is 24.4 Å². The van der Waals surface area contributed by atoms with Crippen LogP contribution in [0.25, 0.3) is 10.6 Å². The van der Waals surface area contributed by atoms with Crippen molar-refractivity contribution in [2.45, 2.75) is 32.2 Å². The lowest BCUT2D eigenvalue weighted by Crippen LogP contribution is -2.23. The number of anilines is 1. The minimum absolute atomic E-state index is 0.124. The highest BCUT2D eigenvalue weighted by Gasteiger charge is 2.17. The summed E-state index contributed by atoms with van der Waals surface area (Å²) in [7, 11) is -3.71. The first kappa shape index (κ1) is 22.4. The summed E-state index contributed by atoms with van der Waals surface area (Å²) in [5.74, 6) is -0.285. The van der Waals surface area contributed by atoms with Crippen LogP contribution in [0.15, 0.2) is 53.4 Å². The molecule has 1 heterocycles. The van der Waals surface area contributed by atoms with Crippen LogP contribution in [0.2, 0.25) is 5.02 Å². The maximum absolute atomic E-state index is 12.7. The minimum Gasteiger partial charge on any atom is -0.326 e. The van der Waals surface area contributed by atoms with Gasteiger partial charge in [0.25, 0.3) is 0 Å². The van der Waals surface area contributed by atoms with Gasteiger partial charge < -0.3 is 5.32 Å². The minimum atomic E-state index is -3.71. The Morgan fingerprint density at radius 1 is 1.13 bits per heavy atom.